The molecule has 0 aromatic rings. The quantitative estimate of drug-likeness (QED) is 0.366. The minimum absolute atomic E-state index is 0.0277. The first-order valence-corrected chi connectivity index (χ1v) is 5.60. The maximum Gasteiger partial charge on any atom is 0.332 e. The van der Waals surface area contributed by atoms with Gasteiger partial charge in [0.1, 0.15) is 13.2 Å². The second-order valence-corrected chi connectivity index (χ2v) is 3.62. The Balaban J connectivity index is 1.94. The van der Waals surface area contributed by atoms with Gasteiger partial charge in [0, 0.05) is 32.7 Å². The number of nitrogens with zero attached hydrogens (tertiary/aromatic N) is 1. The molecule has 0 aromatic heterocycles. The summed E-state index contributed by atoms with van der Waals surface area (Å²) in [6.07, 6.45) is 1.54. The maximum absolute atomic E-state index is 11.0. The minimum atomic E-state index is -0.333. The van der Waals surface area contributed by atoms with E-state index in [1.54, 1.807) is 6.08 Å². The third kappa shape index (κ3) is 5.85. The van der Waals surface area contributed by atoms with Gasteiger partial charge in [-0.05, 0) is 0 Å². The molecule has 1 fully saturated rings. The van der Waals surface area contributed by atoms with Gasteiger partial charge in [-0.2, -0.15) is 0 Å². The number of hydrogen-bond acceptors (Lipinski definition) is 5. The molecule has 0 atom stereocenters. The van der Waals surface area contributed by atoms with Crippen molar-refractivity contribution in [2.24, 2.45) is 0 Å². The molecule has 0 spiro atoms. The number of carbonyl (C=O) groups excluding carboxylic acids is 1. The van der Waals surface area contributed by atoms with Crippen molar-refractivity contribution in [1.29, 1.82) is 0 Å². The zero-order valence-electron chi connectivity index (χ0n) is 9.61. The van der Waals surface area contributed by atoms with Crippen molar-refractivity contribution in [3.8, 4) is 0 Å². The lowest BCUT2D eigenvalue weighted by atomic mass is 10.4. The second kappa shape index (κ2) is 8.27. The number of carbonyl (C=O) groups is 1. The van der Waals surface area contributed by atoms with Crippen molar-refractivity contribution in [3.05, 3.63) is 12.7 Å². The lowest BCUT2D eigenvalue weighted by Gasteiger charge is -2.26. The van der Waals surface area contributed by atoms with Crippen LogP contribution in [0.15, 0.2) is 12.7 Å². The van der Waals surface area contributed by atoms with E-state index in [0.29, 0.717) is 6.61 Å². The molecule has 1 aliphatic rings. The van der Waals surface area contributed by atoms with Crippen LogP contribution >= 0.6 is 0 Å². The van der Waals surface area contributed by atoms with Gasteiger partial charge in [-0.3, -0.25) is 4.90 Å². The van der Waals surface area contributed by atoms with Gasteiger partial charge in [-0.1, -0.05) is 12.7 Å². The van der Waals surface area contributed by atoms with E-state index in [1.165, 1.54) is 0 Å². The van der Waals surface area contributed by atoms with Crippen LogP contribution in [-0.2, 0) is 14.3 Å². The highest BCUT2D eigenvalue weighted by molar-refractivity contribution is 5.70. The Morgan fingerprint density at radius 3 is 2.88 bits per heavy atom. The number of ether oxygens (including phenoxy) is 2. The molecule has 1 rings (SSSR count). The molecule has 0 aromatic carbocycles. The number of nitrogens with one attached hydrogen (secondary N) is 1. The average molecular weight is 228 g/mol. The van der Waals surface area contributed by atoms with Crippen molar-refractivity contribution in [2.75, 3.05) is 52.5 Å². The zero-order chi connectivity index (χ0) is 11.6. The molecule has 0 saturated carbocycles. The summed E-state index contributed by atoms with van der Waals surface area (Å²) in [6, 6.07) is 0. The Kier molecular flexibility index (Phi) is 6.80. The highest BCUT2D eigenvalue weighted by Crippen LogP contribution is 1.92. The molecular weight excluding hydrogens is 208 g/mol. The highest BCUT2D eigenvalue weighted by Gasteiger charge is 2.09. The topological polar surface area (TPSA) is 50.8 Å². The fourth-order valence-electron chi connectivity index (χ4n) is 1.48. The van der Waals surface area contributed by atoms with E-state index in [9.17, 15) is 4.79 Å². The first-order chi connectivity index (χ1) is 7.83. The number of rotatable bonds is 7. The molecule has 5 nitrogen and oxygen atoms in total. The molecule has 92 valence electrons. The summed E-state index contributed by atoms with van der Waals surface area (Å²) in [6.45, 7) is 9.33. The number of hydrogen-bond donors (Lipinski definition) is 1. The first-order valence-electron chi connectivity index (χ1n) is 5.60. The van der Waals surface area contributed by atoms with Crippen LogP contribution in [0, 0.1) is 0 Å². The lowest BCUT2D eigenvalue weighted by Crippen LogP contribution is -2.44. The van der Waals surface area contributed by atoms with Crippen LogP contribution in [0.3, 0.4) is 0 Å². The summed E-state index contributed by atoms with van der Waals surface area (Å²) in [5, 5.41) is 3.28. The van der Waals surface area contributed by atoms with Crippen LogP contribution < -0.4 is 5.32 Å². The third-order valence-electron chi connectivity index (χ3n) is 2.34. The Labute approximate surface area is 96.4 Å². The molecule has 1 aliphatic heterocycles. The van der Waals surface area contributed by atoms with E-state index >= 15 is 0 Å². The Hall–Kier alpha value is -0.910. The van der Waals surface area contributed by atoms with E-state index in [0.717, 1.165) is 32.7 Å². The van der Waals surface area contributed by atoms with E-state index in [-0.39, 0.29) is 19.2 Å². The normalized spacial score (nSPS) is 17.0. The molecule has 0 unspecified atom stereocenters. The Morgan fingerprint density at radius 1 is 1.44 bits per heavy atom. The number of piperazine rings is 1. The fourth-order valence-corrected chi connectivity index (χ4v) is 1.48. The molecular formula is C11H20N2O3. The van der Waals surface area contributed by atoms with Crippen molar-refractivity contribution in [2.45, 2.75) is 0 Å². The van der Waals surface area contributed by atoms with Gasteiger partial charge in [0.2, 0.25) is 0 Å². The highest BCUT2D eigenvalue weighted by atomic mass is 16.6. The second-order valence-electron chi connectivity index (χ2n) is 3.62. The molecule has 16 heavy (non-hydrogen) atoms. The largest absolute Gasteiger partial charge is 0.460 e. The Bertz CT molecular complexity index is 215. The van der Waals surface area contributed by atoms with Crippen molar-refractivity contribution < 1.29 is 14.3 Å². The monoisotopic (exact) mass is 228 g/mol. The molecule has 0 bridgehead atoms. The molecule has 1 heterocycles. The average Bonchev–Trinajstić information content (AvgIpc) is 2.33. The molecule has 1 saturated heterocycles. The summed E-state index contributed by atoms with van der Waals surface area (Å²) < 4.78 is 10.0. The van der Waals surface area contributed by atoms with Gasteiger partial charge < -0.3 is 14.8 Å². The smallest absolute Gasteiger partial charge is 0.332 e. The maximum atomic E-state index is 11.0. The van der Waals surface area contributed by atoms with E-state index in [1.807, 2.05) is 0 Å². The van der Waals surface area contributed by atoms with Crippen LogP contribution in [0.4, 0.5) is 0 Å². The SMILES string of the molecule is C=CCOC(=O)COCCN1CCNCC1. The van der Waals surface area contributed by atoms with Crippen LogP contribution in [0.25, 0.3) is 0 Å². The van der Waals surface area contributed by atoms with E-state index in [2.05, 4.69) is 16.8 Å². The zero-order valence-corrected chi connectivity index (χ0v) is 9.61. The summed E-state index contributed by atoms with van der Waals surface area (Å²) in [7, 11) is 0. The summed E-state index contributed by atoms with van der Waals surface area (Å²) in [5.41, 5.74) is 0. The summed E-state index contributed by atoms with van der Waals surface area (Å²) in [4.78, 5) is 13.3. The van der Waals surface area contributed by atoms with Gasteiger partial charge in [0.05, 0.1) is 6.61 Å². The molecule has 5 heteroatoms. The van der Waals surface area contributed by atoms with Crippen LogP contribution in [0.1, 0.15) is 0 Å². The molecule has 0 aliphatic carbocycles. The van der Waals surface area contributed by atoms with Gasteiger partial charge in [-0.25, -0.2) is 4.79 Å². The first kappa shape index (κ1) is 13.2. The van der Waals surface area contributed by atoms with E-state index < -0.39 is 0 Å². The Morgan fingerprint density at radius 2 is 2.19 bits per heavy atom. The summed E-state index contributed by atoms with van der Waals surface area (Å²) in [5.74, 6) is -0.333. The lowest BCUT2D eigenvalue weighted by molar-refractivity contribution is -0.147. The van der Waals surface area contributed by atoms with Gasteiger partial charge in [0.25, 0.3) is 0 Å². The summed E-state index contributed by atoms with van der Waals surface area (Å²) >= 11 is 0. The van der Waals surface area contributed by atoms with E-state index in [4.69, 9.17) is 9.47 Å². The van der Waals surface area contributed by atoms with Crippen LogP contribution in [0.2, 0.25) is 0 Å². The standard InChI is InChI=1S/C11H20N2O3/c1-2-8-16-11(14)10-15-9-7-13-5-3-12-4-6-13/h2,12H,1,3-10H2. The predicted octanol–water partition coefficient (Wildman–Crippen LogP) is -0.363. The molecule has 1 N–H and O–H groups in total. The minimum Gasteiger partial charge on any atom is -0.460 e. The van der Waals surface area contributed by atoms with Crippen molar-refractivity contribution in [1.82, 2.24) is 10.2 Å². The number of esters is 1. The fraction of sp³-hybridized carbons (Fsp3) is 0.727. The third-order valence-corrected chi connectivity index (χ3v) is 2.34. The van der Waals surface area contributed by atoms with Crippen LogP contribution in [-0.4, -0.2) is 63.4 Å². The van der Waals surface area contributed by atoms with Gasteiger partial charge in [-0.15, -0.1) is 0 Å². The molecule has 0 radical (unpaired) electrons. The van der Waals surface area contributed by atoms with Crippen molar-refractivity contribution >= 4 is 5.97 Å². The van der Waals surface area contributed by atoms with Gasteiger partial charge >= 0.3 is 5.97 Å². The van der Waals surface area contributed by atoms with Crippen molar-refractivity contribution in [3.63, 3.8) is 0 Å². The van der Waals surface area contributed by atoms with Crippen LogP contribution in [0.5, 0.6) is 0 Å². The predicted molar refractivity (Wildman–Crippen MR) is 61.3 cm³/mol. The molecule has 0 amide bonds. The van der Waals surface area contributed by atoms with Gasteiger partial charge in [0.15, 0.2) is 0 Å².